The van der Waals surface area contributed by atoms with Crippen molar-refractivity contribution in [3.8, 4) is 5.75 Å². The van der Waals surface area contributed by atoms with Crippen LogP contribution in [-0.4, -0.2) is 45.0 Å². The normalized spacial score (nSPS) is 12.1. The maximum absolute atomic E-state index is 12.8. The standard InChI is InChI=1S/C24H35N3O4S/c1-7-27(8-2)17-19-11-9-18(10-12-19)16-25-23(28)20-13-14-21(31-6)22(15-20)32(29,30)26-24(3,4)5/h9-15,26H,7-8,16-17H2,1-6H3,(H,25,28). The molecule has 7 nitrogen and oxygen atoms in total. The number of amides is 1. The van der Waals surface area contributed by atoms with Gasteiger partial charge in [0.1, 0.15) is 10.6 Å². The van der Waals surface area contributed by atoms with E-state index in [9.17, 15) is 13.2 Å². The molecule has 0 spiro atoms. The van der Waals surface area contributed by atoms with Crippen molar-refractivity contribution >= 4 is 15.9 Å². The summed E-state index contributed by atoms with van der Waals surface area (Å²) in [4.78, 5) is 15.0. The average molecular weight is 462 g/mol. The molecule has 0 saturated carbocycles. The first-order valence-electron chi connectivity index (χ1n) is 10.8. The van der Waals surface area contributed by atoms with Gasteiger partial charge in [0.15, 0.2) is 0 Å². The summed E-state index contributed by atoms with van der Waals surface area (Å²) in [5, 5.41) is 2.86. The van der Waals surface area contributed by atoms with Gasteiger partial charge in [0.05, 0.1) is 7.11 Å². The van der Waals surface area contributed by atoms with Gasteiger partial charge in [-0.05, 0) is 63.2 Å². The molecule has 1 amide bonds. The van der Waals surface area contributed by atoms with Crippen molar-refractivity contribution < 1.29 is 17.9 Å². The van der Waals surface area contributed by atoms with Crippen molar-refractivity contribution in [2.75, 3.05) is 20.2 Å². The molecule has 0 bridgehead atoms. The maximum Gasteiger partial charge on any atom is 0.251 e. The fourth-order valence-electron chi connectivity index (χ4n) is 3.24. The first-order valence-corrected chi connectivity index (χ1v) is 12.3. The van der Waals surface area contributed by atoms with Crippen molar-refractivity contribution in [2.45, 2.75) is 58.1 Å². The molecule has 0 unspecified atom stereocenters. The largest absolute Gasteiger partial charge is 0.495 e. The van der Waals surface area contributed by atoms with Crippen LogP contribution in [0.3, 0.4) is 0 Å². The van der Waals surface area contributed by atoms with Crippen LogP contribution in [0.25, 0.3) is 0 Å². The van der Waals surface area contributed by atoms with Gasteiger partial charge in [0, 0.05) is 24.2 Å². The highest BCUT2D eigenvalue weighted by Gasteiger charge is 2.26. The van der Waals surface area contributed by atoms with E-state index >= 15 is 0 Å². The lowest BCUT2D eigenvalue weighted by Crippen LogP contribution is -2.40. The quantitative estimate of drug-likeness (QED) is 0.565. The van der Waals surface area contributed by atoms with Gasteiger partial charge < -0.3 is 10.1 Å². The van der Waals surface area contributed by atoms with Crippen LogP contribution in [0.1, 0.15) is 56.1 Å². The molecule has 0 atom stereocenters. The Hall–Kier alpha value is -2.42. The van der Waals surface area contributed by atoms with E-state index in [2.05, 4.69) is 40.9 Å². The summed E-state index contributed by atoms with van der Waals surface area (Å²) in [5.74, 6) is -0.172. The Morgan fingerprint density at radius 2 is 1.59 bits per heavy atom. The Kier molecular flexibility index (Phi) is 8.83. The van der Waals surface area contributed by atoms with Crippen molar-refractivity contribution in [1.29, 1.82) is 0 Å². The lowest BCUT2D eigenvalue weighted by molar-refractivity contribution is 0.0950. The number of hydrogen-bond donors (Lipinski definition) is 2. The van der Waals surface area contributed by atoms with E-state index in [1.54, 1.807) is 26.8 Å². The lowest BCUT2D eigenvalue weighted by Gasteiger charge is -2.21. The molecule has 176 valence electrons. The van der Waals surface area contributed by atoms with Gasteiger partial charge in [0.25, 0.3) is 5.91 Å². The topological polar surface area (TPSA) is 87.7 Å². The number of hydrogen-bond acceptors (Lipinski definition) is 5. The number of carbonyl (C=O) groups is 1. The van der Waals surface area contributed by atoms with Crippen LogP contribution in [0.5, 0.6) is 5.75 Å². The van der Waals surface area contributed by atoms with E-state index in [4.69, 9.17) is 4.74 Å². The Morgan fingerprint density at radius 1 is 1.00 bits per heavy atom. The minimum atomic E-state index is -3.86. The summed E-state index contributed by atoms with van der Waals surface area (Å²) in [6, 6.07) is 12.5. The van der Waals surface area contributed by atoms with Gasteiger partial charge in [-0.1, -0.05) is 38.1 Å². The Balaban J connectivity index is 2.12. The zero-order valence-electron chi connectivity index (χ0n) is 19.9. The molecule has 2 aromatic carbocycles. The number of carbonyl (C=O) groups excluding carboxylic acids is 1. The van der Waals surface area contributed by atoms with E-state index in [-0.39, 0.29) is 22.1 Å². The molecule has 0 aliphatic heterocycles. The number of methoxy groups -OCH3 is 1. The second-order valence-corrected chi connectivity index (χ2v) is 10.3. The first-order chi connectivity index (χ1) is 15.0. The summed E-state index contributed by atoms with van der Waals surface area (Å²) in [6.07, 6.45) is 0. The van der Waals surface area contributed by atoms with Crippen LogP contribution < -0.4 is 14.8 Å². The van der Waals surface area contributed by atoms with E-state index < -0.39 is 15.6 Å². The summed E-state index contributed by atoms with van der Waals surface area (Å²) >= 11 is 0. The van der Waals surface area contributed by atoms with Gasteiger partial charge in [-0.2, -0.15) is 0 Å². The van der Waals surface area contributed by atoms with Crippen LogP contribution in [0, 0.1) is 0 Å². The van der Waals surface area contributed by atoms with Crippen LogP contribution in [0.4, 0.5) is 0 Å². The highest BCUT2D eigenvalue weighted by atomic mass is 32.2. The van der Waals surface area contributed by atoms with Crippen molar-refractivity contribution in [3.05, 3.63) is 59.2 Å². The molecule has 2 aromatic rings. The minimum Gasteiger partial charge on any atom is -0.495 e. The number of ether oxygens (including phenoxy) is 1. The summed E-state index contributed by atoms with van der Waals surface area (Å²) in [6.45, 7) is 12.8. The van der Waals surface area contributed by atoms with Gasteiger partial charge >= 0.3 is 0 Å². The lowest BCUT2D eigenvalue weighted by atomic mass is 10.1. The van der Waals surface area contributed by atoms with Gasteiger partial charge in [0.2, 0.25) is 10.0 Å². The van der Waals surface area contributed by atoms with Gasteiger partial charge in [-0.15, -0.1) is 0 Å². The molecule has 0 radical (unpaired) electrons. The monoisotopic (exact) mass is 461 g/mol. The molecular formula is C24H35N3O4S. The summed E-state index contributed by atoms with van der Waals surface area (Å²) in [5.41, 5.74) is 1.77. The van der Waals surface area contributed by atoms with Gasteiger partial charge in [-0.3, -0.25) is 9.69 Å². The molecular weight excluding hydrogens is 426 g/mol. The number of sulfonamides is 1. The number of nitrogens with one attached hydrogen (secondary N) is 2. The Bertz CT molecular complexity index is 1010. The fraction of sp³-hybridized carbons (Fsp3) is 0.458. The second kappa shape index (κ2) is 10.9. The van der Waals surface area contributed by atoms with Crippen LogP contribution in [0.15, 0.2) is 47.4 Å². The van der Waals surface area contributed by atoms with Crippen LogP contribution >= 0.6 is 0 Å². The number of benzene rings is 2. The average Bonchev–Trinajstić information content (AvgIpc) is 2.74. The Morgan fingerprint density at radius 3 is 2.12 bits per heavy atom. The smallest absolute Gasteiger partial charge is 0.251 e. The molecule has 32 heavy (non-hydrogen) atoms. The molecule has 2 N–H and O–H groups in total. The molecule has 2 rings (SSSR count). The van der Waals surface area contributed by atoms with E-state index in [0.29, 0.717) is 6.54 Å². The first kappa shape index (κ1) is 25.8. The second-order valence-electron chi connectivity index (χ2n) is 8.68. The SMILES string of the molecule is CCN(CC)Cc1ccc(CNC(=O)c2ccc(OC)c(S(=O)(=O)NC(C)(C)C)c2)cc1. The molecule has 0 aromatic heterocycles. The third kappa shape index (κ3) is 7.32. The third-order valence-electron chi connectivity index (χ3n) is 4.93. The molecule has 8 heteroatoms. The van der Waals surface area contributed by atoms with E-state index in [1.807, 2.05) is 12.1 Å². The van der Waals surface area contributed by atoms with E-state index in [0.717, 1.165) is 25.2 Å². The Labute approximate surface area is 192 Å². The number of nitrogens with zero attached hydrogens (tertiary/aromatic N) is 1. The number of rotatable bonds is 10. The molecule has 0 heterocycles. The van der Waals surface area contributed by atoms with Crippen LogP contribution in [0.2, 0.25) is 0 Å². The zero-order chi connectivity index (χ0) is 23.9. The predicted octanol–water partition coefficient (Wildman–Crippen LogP) is 3.54. The molecule has 0 aliphatic rings. The minimum absolute atomic E-state index is 0.0664. The highest BCUT2D eigenvalue weighted by molar-refractivity contribution is 7.89. The van der Waals surface area contributed by atoms with Gasteiger partial charge in [-0.25, -0.2) is 13.1 Å². The predicted molar refractivity (Wildman–Crippen MR) is 127 cm³/mol. The van der Waals surface area contributed by atoms with Crippen molar-refractivity contribution in [2.24, 2.45) is 0 Å². The van der Waals surface area contributed by atoms with E-state index in [1.165, 1.54) is 24.8 Å². The van der Waals surface area contributed by atoms with Crippen molar-refractivity contribution in [3.63, 3.8) is 0 Å². The fourth-order valence-corrected chi connectivity index (χ4v) is 4.85. The molecule has 0 fully saturated rings. The highest BCUT2D eigenvalue weighted by Crippen LogP contribution is 2.26. The zero-order valence-corrected chi connectivity index (χ0v) is 20.7. The third-order valence-corrected chi connectivity index (χ3v) is 6.71. The summed E-state index contributed by atoms with van der Waals surface area (Å²) < 4.78 is 33.4. The molecule has 0 saturated heterocycles. The van der Waals surface area contributed by atoms with Crippen molar-refractivity contribution in [1.82, 2.24) is 14.9 Å². The summed E-state index contributed by atoms with van der Waals surface area (Å²) in [7, 11) is -2.46. The maximum atomic E-state index is 12.8. The molecule has 0 aliphatic carbocycles. The van der Waals surface area contributed by atoms with Crippen LogP contribution in [-0.2, 0) is 23.1 Å².